The van der Waals surface area contributed by atoms with Crippen molar-refractivity contribution in [2.45, 2.75) is 6.54 Å². The first-order valence-electron chi connectivity index (χ1n) is 5.30. The van der Waals surface area contributed by atoms with Crippen molar-refractivity contribution in [2.24, 2.45) is 0 Å². The van der Waals surface area contributed by atoms with Crippen LogP contribution in [0.3, 0.4) is 0 Å². The standard InChI is InChI=1S/C13H8Cl2F3N/c14-9-2-1-3-10(15)8(9)6-19-13-11(17)4-7(16)5-12(13)18/h1-5,19H,6H2. The molecule has 0 fully saturated rings. The van der Waals surface area contributed by atoms with Crippen LogP contribution in [0.15, 0.2) is 30.3 Å². The van der Waals surface area contributed by atoms with Gasteiger partial charge in [-0.15, -0.1) is 0 Å². The van der Waals surface area contributed by atoms with Gasteiger partial charge in [-0.2, -0.15) is 0 Å². The average Bonchev–Trinajstić information content (AvgIpc) is 2.31. The van der Waals surface area contributed by atoms with Gasteiger partial charge in [0, 0.05) is 34.3 Å². The van der Waals surface area contributed by atoms with Gasteiger partial charge in [-0.05, 0) is 12.1 Å². The normalized spacial score (nSPS) is 10.6. The van der Waals surface area contributed by atoms with Crippen molar-refractivity contribution in [1.82, 2.24) is 0 Å². The molecule has 2 aromatic rings. The summed E-state index contributed by atoms with van der Waals surface area (Å²) in [6, 6.07) is 6.08. The maximum atomic E-state index is 13.4. The largest absolute Gasteiger partial charge is 0.376 e. The topological polar surface area (TPSA) is 12.0 Å². The maximum Gasteiger partial charge on any atom is 0.152 e. The third kappa shape index (κ3) is 3.14. The number of nitrogens with one attached hydrogen (secondary N) is 1. The van der Waals surface area contributed by atoms with E-state index >= 15 is 0 Å². The number of halogens is 5. The molecule has 0 radical (unpaired) electrons. The molecule has 0 heterocycles. The molecule has 0 saturated carbocycles. The first kappa shape index (κ1) is 14.0. The van der Waals surface area contributed by atoms with Gasteiger partial charge in [0.2, 0.25) is 0 Å². The summed E-state index contributed by atoms with van der Waals surface area (Å²) in [5.41, 5.74) is 0.0892. The number of anilines is 1. The van der Waals surface area contributed by atoms with Crippen LogP contribution in [0.2, 0.25) is 10.0 Å². The van der Waals surface area contributed by atoms with Crippen LogP contribution < -0.4 is 5.32 Å². The Morgan fingerprint density at radius 2 is 1.47 bits per heavy atom. The summed E-state index contributed by atoms with van der Waals surface area (Å²) in [4.78, 5) is 0. The molecule has 0 aliphatic carbocycles. The van der Waals surface area contributed by atoms with Gasteiger partial charge in [0.25, 0.3) is 0 Å². The Labute approximate surface area is 118 Å². The molecule has 6 heteroatoms. The molecule has 0 bridgehead atoms. The molecule has 0 unspecified atom stereocenters. The van der Waals surface area contributed by atoms with E-state index in [9.17, 15) is 13.2 Å². The second kappa shape index (κ2) is 5.72. The molecule has 0 aliphatic heterocycles. The molecule has 1 N–H and O–H groups in total. The Morgan fingerprint density at radius 1 is 0.947 bits per heavy atom. The number of hydrogen-bond acceptors (Lipinski definition) is 1. The summed E-state index contributed by atoms with van der Waals surface area (Å²) in [5.74, 6) is -3.00. The predicted molar refractivity (Wildman–Crippen MR) is 70.1 cm³/mol. The van der Waals surface area contributed by atoms with Crippen LogP contribution >= 0.6 is 23.2 Å². The molecule has 0 atom stereocenters. The van der Waals surface area contributed by atoms with Crippen molar-refractivity contribution in [3.8, 4) is 0 Å². The Balaban J connectivity index is 2.24. The minimum Gasteiger partial charge on any atom is -0.376 e. The highest BCUT2D eigenvalue weighted by Gasteiger charge is 2.12. The molecule has 1 nitrogen and oxygen atoms in total. The Morgan fingerprint density at radius 3 is 2.00 bits per heavy atom. The van der Waals surface area contributed by atoms with Crippen molar-refractivity contribution in [3.05, 3.63) is 63.4 Å². The van der Waals surface area contributed by atoms with Crippen LogP contribution in [-0.4, -0.2) is 0 Å². The van der Waals surface area contributed by atoms with E-state index in [1.54, 1.807) is 18.2 Å². The van der Waals surface area contributed by atoms with E-state index < -0.39 is 23.1 Å². The lowest BCUT2D eigenvalue weighted by Gasteiger charge is -2.11. The lowest BCUT2D eigenvalue weighted by molar-refractivity contribution is 0.547. The summed E-state index contributed by atoms with van der Waals surface area (Å²) in [6.07, 6.45) is 0. The predicted octanol–water partition coefficient (Wildman–Crippen LogP) is 5.02. The third-order valence-corrected chi connectivity index (χ3v) is 3.22. The van der Waals surface area contributed by atoms with Gasteiger partial charge < -0.3 is 5.32 Å². The van der Waals surface area contributed by atoms with Crippen LogP contribution in [0.4, 0.5) is 18.9 Å². The number of rotatable bonds is 3. The van der Waals surface area contributed by atoms with Crippen LogP contribution in [0.1, 0.15) is 5.56 Å². The Bertz CT molecular complexity index is 574. The van der Waals surface area contributed by atoms with Crippen molar-refractivity contribution in [2.75, 3.05) is 5.32 Å². The molecule has 0 amide bonds. The summed E-state index contributed by atoms with van der Waals surface area (Å²) in [6.45, 7) is 0.0258. The fraction of sp³-hybridized carbons (Fsp3) is 0.0769. The first-order valence-corrected chi connectivity index (χ1v) is 6.06. The number of benzene rings is 2. The van der Waals surface area contributed by atoms with Gasteiger partial charge in [0.1, 0.15) is 11.5 Å². The minimum atomic E-state index is -1.01. The van der Waals surface area contributed by atoms with Crippen molar-refractivity contribution in [3.63, 3.8) is 0 Å². The summed E-state index contributed by atoms with van der Waals surface area (Å²) in [7, 11) is 0. The highest BCUT2D eigenvalue weighted by atomic mass is 35.5. The molecular weight excluding hydrogens is 298 g/mol. The SMILES string of the molecule is Fc1cc(F)c(NCc2c(Cl)cccc2Cl)c(F)c1. The monoisotopic (exact) mass is 305 g/mol. The lowest BCUT2D eigenvalue weighted by Crippen LogP contribution is -2.05. The van der Waals surface area contributed by atoms with Crippen LogP contribution in [-0.2, 0) is 6.54 Å². The second-order valence-electron chi connectivity index (χ2n) is 3.80. The van der Waals surface area contributed by atoms with Crippen LogP contribution in [0.25, 0.3) is 0 Å². The highest BCUT2D eigenvalue weighted by Crippen LogP contribution is 2.27. The molecule has 19 heavy (non-hydrogen) atoms. The highest BCUT2D eigenvalue weighted by molar-refractivity contribution is 6.36. The summed E-state index contributed by atoms with van der Waals surface area (Å²) in [5, 5.41) is 3.28. The zero-order valence-electron chi connectivity index (χ0n) is 9.48. The van der Waals surface area contributed by atoms with Crippen molar-refractivity contribution < 1.29 is 13.2 Å². The number of hydrogen-bond donors (Lipinski definition) is 1. The third-order valence-electron chi connectivity index (χ3n) is 2.51. The molecular formula is C13H8Cl2F3N. The van der Waals surface area contributed by atoms with Gasteiger partial charge >= 0.3 is 0 Å². The van der Waals surface area contributed by atoms with Crippen molar-refractivity contribution >= 4 is 28.9 Å². The van der Waals surface area contributed by atoms with E-state index in [1.165, 1.54) is 0 Å². The smallest absolute Gasteiger partial charge is 0.152 e. The van der Waals surface area contributed by atoms with Gasteiger partial charge in [0.15, 0.2) is 11.6 Å². The van der Waals surface area contributed by atoms with E-state index in [0.717, 1.165) is 0 Å². The first-order chi connectivity index (χ1) is 8.99. The van der Waals surface area contributed by atoms with Crippen LogP contribution in [0, 0.1) is 17.5 Å². The average molecular weight is 306 g/mol. The Hall–Kier alpha value is -1.39. The summed E-state index contributed by atoms with van der Waals surface area (Å²) < 4.78 is 39.6. The minimum absolute atomic E-state index is 0.0258. The zero-order chi connectivity index (χ0) is 14.0. The quantitative estimate of drug-likeness (QED) is 0.839. The second-order valence-corrected chi connectivity index (χ2v) is 4.61. The van der Waals surface area contributed by atoms with E-state index in [0.29, 0.717) is 27.7 Å². The molecule has 0 aromatic heterocycles. The van der Waals surface area contributed by atoms with Gasteiger partial charge in [-0.25, -0.2) is 13.2 Å². The van der Waals surface area contributed by atoms with Crippen LogP contribution in [0.5, 0.6) is 0 Å². The van der Waals surface area contributed by atoms with Gasteiger partial charge in [0.05, 0.1) is 0 Å². The Kier molecular flexibility index (Phi) is 4.22. The van der Waals surface area contributed by atoms with E-state index in [1.807, 2.05) is 0 Å². The lowest BCUT2D eigenvalue weighted by atomic mass is 10.2. The molecule has 0 saturated heterocycles. The van der Waals surface area contributed by atoms with Gasteiger partial charge in [-0.3, -0.25) is 0 Å². The molecule has 100 valence electrons. The van der Waals surface area contributed by atoms with Crippen molar-refractivity contribution in [1.29, 1.82) is 0 Å². The molecule has 2 rings (SSSR count). The maximum absolute atomic E-state index is 13.4. The van der Waals surface area contributed by atoms with E-state index in [4.69, 9.17) is 23.2 Å². The fourth-order valence-corrected chi connectivity index (χ4v) is 2.12. The van der Waals surface area contributed by atoms with E-state index in [2.05, 4.69) is 5.32 Å². The van der Waals surface area contributed by atoms with Gasteiger partial charge in [-0.1, -0.05) is 29.3 Å². The molecule has 0 spiro atoms. The molecule has 2 aromatic carbocycles. The van der Waals surface area contributed by atoms with E-state index in [-0.39, 0.29) is 6.54 Å². The fourth-order valence-electron chi connectivity index (χ4n) is 1.59. The summed E-state index contributed by atoms with van der Waals surface area (Å²) >= 11 is 11.9. The zero-order valence-corrected chi connectivity index (χ0v) is 11.0. The molecule has 0 aliphatic rings.